The van der Waals surface area contributed by atoms with Crippen LogP contribution in [0.4, 0.5) is 0 Å². The lowest BCUT2D eigenvalue weighted by Crippen LogP contribution is -2.60. The Kier molecular flexibility index (Phi) is 4.68. The Morgan fingerprint density at radius 3 is 2.82 bits per heavy atom. The molecule has 2 saturated heterocycles. The topological polar surface area (TPSA) is 59.6 Å². The van der Waals surface area contributed by atoms with E-state index in [2.05, 4.69) is 39.0 Å². The number of benzene rings is 1. The number of aromatic nitrogens is 1. The number of carbonyl (C=O) groups excluding carboxylic acids is 1. The predicted molar refractivity (Wildman–Crippen MR) is 110 cm³/mol. The van der Waals surface area contributed by atoms with Crippen molar-refractivity contribution in [2.45, 2.75) is 50.7 Å². The molecule has 2 aromatic rings. The van der Waals surface area contributed by atoms with Crippen LogP contribution in [0.1, 0.15) is 44.1 Å². The summed E-state index contributed by atoms with van der Waals surface area (Å²) in [5, 5.41) is 12.5. The van der Waals surface area contributed by atoms with Crippen molar-refractivity contribution in [3.05, 3.63) is 36.0 Å². The second-order valence-electron chi connectivity index (χ2n) is 9.16. The monoisotopic (exact) mass is 381 g/mol. The molecule has 1 saturated carbocycles. The molecule has 150 valence electrons. The quantitative estimate of drug-likeness (QED) is 0.859. The first-order chi connectivity index (χ1) is 13.6. The summed E-state index contributed by atoms with van der Waals surface area (Å²) in [5.74, 6) is 0.733. The van der Waals surface area contributed by atoms with E-state index < -0.39 is 5.60 Å². The first kappa shape index (κ1) is 18.2. The van der Waals surface area contributed by atoms with Crippen molar-refractivity contribution < 1.29 is 9.90 Å². The second kappa shape index (κ2) is 7.20. The van der Waals surface area contributed by atoms with E-state index in [0.29, 0.717) is 5.91 Å². The van der Waals surface area contributed by atoms with Gasteiger partial charge in [0.2, 0.25) is 5.91 Å². The summed E-state index contributed by atoms with van der Waals surface area (Å²) in [4.78, 5) is 20.7. The van der Waals surface area contributed by atoms with E-state index in [9.17, 15) is 9.90 Å². The molecule has 0 spiro atoms. The Bertz CT molecular complexity index is 856. The number of H-pyrrole nitrogens is 1. The van der Waals surface area contributed by atoms with Crippen molar-refractivity contribution in [1.82, 2.24) is 14.8 Å². The number of nitrogens with one attached hydrogen (secondary N) is 1. The molecule has 5 rings (SSSR count). The number of aromatic amines is 1. The molecule has 0 radical (unpaired) electrons. The summed E-state index contributed by atoms with van der Waals surface area (Å²) in [5.41, 5.74) is 1.92. The van der Waals surface area contributed by atoms with Crippen LogP contribution in [-0.4, -0.2) is 57.6 Å². The molecule has 5 heteroatoms. The van der Waals surface area contributed by atoms with Gasteiger partial charge in [-0.3, -0.25) is 9.69 Å². The fourth-order valence-electron chi connectivity index (χ4n) is 5.68. The molecule has 1 amide bonds. The molecule has 2 aliphatic heterocycles. The molecule has 28 heavy (non-hydrogen) atoms. The Morgan fingerprint density at radius 1 is 1.14 bits per heavy atom. The smallest absolute Gasteiger partial charge is 0.225 e. The zero-order valence-electron chi connectivity index (χ0n) is 16.6. The molecule has 0 bridgehead atoms. The van der Waals surface area contributed by atoms with Crippen LogP contribution < -0.4 is 0 Å². The fourth-order valence-corrected chi connectivity index (χ4v) is 5.68. The minimum atomic E-state index is -0.594. The molecule has 3 heterocycles. The van der Waals surface area contributed by atoms with Gasteiger partial charge in [-0.1, -0.05) is 25.0 Å². The van der Waals surface area contributed by atoms with Gasteiger partial charge in [0.25, 0.3) is 0 Å². The number of aliphatic hydroxyl groups is 1. The van der Waals surface area contributed by atoms with Gasteiger partial charge in [0, 0.05) is 61.7 Å². The number of hydrogen-bond donors (Lipinski definition) is 2. The third kappa shape index (κ3) is 3.25. The number of nitrogens with zero attached hydrogens (tertiary/aromatic N) is 2. The normalized spacial score (nSPS) is 29.3. The number of piperidine rings is 2. The first-order valence-corrected chi connectivity index (χ1v) is 10.9. The van der Waals surface area contributed by atoms with Crippen molar-refractivity contribution >= 4 is 16.8 Å². The number of likely N-dealkylation sites (tertiary alicyclic amines) is 2. The van der Waals surface area contributed by atoms with Gasteiger partial charge in [-0.05, 0) is 43.4 Å². The van der Waals surface area contributed by atoms with Gasteiger partial charge >= 0.3 is 0 Å². The Morgan fingerprint density at radius 2 is 1.96 bits per heavy atom. The van der Waals surface area contributed by atoms with Gasteiger partial charge < -0.3 is 15.0 Å². The Balaban J connectivity index is 1.28. The highest BCUT2D eigenvalue weighted by molar-refractivity contribution is 5.82. The number of amides is 1. The molecular formula is C23H31N3O2. The standard InChI is InChI=1S/C23H31N3O2/c27-22(17-4-1-2-5-17)26-13-10-23(28)9-12-25(15-19(23)16-26)14-18-6-3-7-21-20(18)8-11-24-21/h3,6-8,11,17,19,24,28H,1-2,4-5,9-10,12-16H2. The van der Waals surface area contributed by atoms with Gasteiger partial charge in [0.05, 0.1) is 5.60 Å². The molecule has 1 aromatic carbocycles. The molecule has 2 N–H and O–H groups in total. The van der Waals surface area contributed by atoms with Crippen LogP contribution in [0.2, 0.25) is 0 Å². The van der Waals surface area contributed by atoms with Crippen molar-refractivity contribution in [3.8, 4) is 0 Å². The third-order valence-corrected chi connectivity index (χ3v) is 7.45. The van der Waals surface area contributed by atoms with E-state index in [0.717, 1.165) is 58.4 Å². The number of rotatable bonds is 3. The van der Waals surface area contributed by atoms with Gasteiger partial charge in [-0.15, -0.1) is 0 Å². The van der Waals surface area contributed by atoms with E-state index in [1.165, 1.54) is 29.3 Å². The van der Waals surface area contributed by atoms with Crippen LogP contribution >= 0.6 is 0 Å². The average Bonchev–Trinajstić information content (AvgIpc) is 3.39. The lowest BCUT2D eigenvalue weighted by molar-refractivity contribution is -0.150. The van der Waals surface area contributed by atoms with E-state index in [-0.39, 0.29) is 11.8 Å². The van der Waals surface area contributed by atoms with Crippen molar-refractivity contribution in [3.63, 3.8) is 0 Å². The maximum Gasteiger partial charge on any atom is 0.225 e. The zero-order valence-corrected chi connectivity index (χ0v) is 16.6. The Labute approximate surface area is 166 Å². The maximum absolute atomic E-state index is 12.9. The molecule has 3 fully saturated rings. The van der Waals surface area contributed by atoms with Crippen molar-refractivity contribution in [2.75, 3.05) is 26.2 Å². The van der Waals surface area contributed by atoms with E-state index in [1.807, 2.05) is 6.20 Å². The summed E-state index contributed by atoms with van der Waals surface area (Å²) in [6, 6.07) is 8.57. The van der Waals surface area contributed by atoms with Crippen molar-refractivity contribution in [2.24, 2.45) is 11.8 Å². The molecule has 1 aromatic heterocycles. The van der Waals surface area contributed by atoms with Crippen LogP contribution in [0.15, 0.2) is 30.5 Å². The van der Waals surface area contributed by atoms with Gasteiger partial charge in [0.1, 0.15) is 0 Å². The van der Waals surface area contributed by atoms with Crippen LogP contribution in [0.25, 0.3) is 10.9 Å². The average molecular weight is 382 g/mol. The lowest BCUT2D eigenvalue weighted by Gasteiger charge is -2.50. The van der Waals surface area contributed by atoms with E-state index in [4.69, 9.17) is 0 Å². The molecule has 3 aliphatic rings. The van der Waals surface area contributed by atoms with E-state index >= 15 is 0 Å². The van der Waals surface area contributed by atoms with Crippen LogP contribution in [0.3, 0.4) is 0 Å². The number of hydrogen-bond acceptors (Lipinski definition) is 3. The zero-order chi connectivity index (χ0) is 19.1. The predicted octanol–water partition coefficient (Wildman–Crippen LogP) is 3.14. The van der Waals surface area contributed by atoms with Gasteiger partial charge in [-0.25, -0.2) is 0 Å². The van der Waals surface area contributed by atoms with Gasteiger partial charge in [0.15, 0.2) is 0 Å². The summed E-state index contributed by atoms with van der Waals surface area (Å²) >= 11 is 0. The highest BCUT2D eigenvalue weighted by Gasteiger charge is 2.46. The van der Waals surface area contributed by atoms with Crippen LogP contribution in [0, 0.1) is 11.8 Å². The Hall–Kier alpha value is -1.85. The maximum atomic E-state index is 12.9. The van der Waals surface area contributed by atoms with Gasteiger partial charge in [-0.2, -0.15) is 0 Å². The molecular weight excluding hydrogens is 350 g/mol. The molecule has 2 atom stereocenters. The van der Waals surface area contributed by atoms with Crippen molar-refractivity contribution in [1.29, 1.82) is 0 Å². The third-order valence-electron chi connectivity index (χ3n) is 7.45. The van der Waals surface area contributed by atoms with Crippen LogP contribution in [-0.2, 0) is 11.3 Å². The summed E-state index contributed by atoms with van der Waals surface area (Å²) in [6.07, 6.45) is 8.03. The fraction of sp³-hybridized carbons (Fsp3) is 0.609. The van der Waals surface area contributed by atoms with Crippen LogP contribution in [0.5, 0.6) is 0 Å². The minimum Gasteiger partial charge on any atom is -0.389 e. The first-order valence-electron chi connectivity index (χ1n) is 10.9. The minimum absolute atomic E-state index is 0.158. The highest BCUT2D eigenvalue weighted by Crippen LogP contribution is 2.37. The summed E-state index contributed by atoms with van der Waals surface area (Å²) in [7, 11) is 0. The second-order valence-corrected chi connectivity index (χ2v) is 9.16. The largest absolute Gasteiger partial charge is 0.389 e. The number of fused-ring (bicyclic) bond motifs is 2. The lowest BCUT2D eigenvalue weighted by atomic mass is 9.75. The molecule has 5 nitrogen and oxygen atoms in total. The van der Waals surface area contributed by atoms with E-state index in [1.54, 1.807) is 0 Å². The molecule has 2 unspecified atom stereocenters. The highest BCUT2D eigenvalue weighted by atomic mass is 16.3. The SMILES string of the molecule is O=C(C1CCCC1)N1CCC2(O)CCN(Cc3cccc4[nH]ccc34)CC2C1. The summed E-state index contributed by atoms with van der Waals surface area (Å²) in [6.45, 7) is 4.14. The molecule has 1 aliphatic carbocycles. The number of carbonyl (C=O) groups is 1. The summed E-state index contributed by atoms with van der Waals surface area (Å²) < 4.78 is 0.